The van der Waals surface area contributed by atoms with Gasteiger partial charge in [0.05, 0.1) is 11.8 Å². The number of nitrogens with zero attached hydrogens (tertiary/aromatic N) is 2. The van der Waals surface area contributed by atoms with Crippen molar-refractivity contribution < 1.29 is 14.7 Å². The van der Waals surface area contributed by atoms with Gasteiger partial charge in [0.1, 0.15) is 0 Å². The van der Waals surface area contributed by atoms with Gasteiger partial charge in [0.15, 0.2) is 0 Å². The Bertz CT molecular complexity index is 584. The number of hydrogen-bond donors (Lipinski definition) is 1. The fourth-order valence-corrected chi connectivity index (χ4v) is 3.59. The smallest absolute Gasteiger partial charge is 0.307 e. The van der Waals surface area contributed by atoms with Crippen molar-refractivity contribution in [1.29, 1.82) is 0 Å². The first-order valence-corrected chi connectivity index (χ1v) is 7.13. The molecule has 1 N–H and O–H groups in total. The molecule has 0 spiro atoms. The van der Waals surface area contributed by atoms with Gasteiger partial charge in [0, 0.05) is 26.0 Å². The molecule has 1 saturated carbocycles. The van der Waals surface area contributed by atoms with Crippen LogP contribution in [0.1, 0.15) is 12.0 Å². The molecular formula is C16H18N2O3. The van der Waals surface area contributed by atoms with Crippen LogP contribution in [0.25, 0.3) is 0 Å². The zero-order chi connectivity index (χ0) is 15.0. The molecule has 5 heteroatoms. The number of amides is 1. The lowest BCUT2D eigenvalue weighted by Gasteiger charge is -2.28. The number of carboxylic acids is 1. The Hall–Kier alpha value is -2.17. The minimum atomic E-state index is -0.859. The van der Waals surface area contributed by atoms with E-state index >= 15 is 0 Å². The molecule has 2 bridgehead atoms. The Morgan fingerprint density at radius 3 is 2.48 bits per heavy atom. The molecule has 1 amide bonds. The topological polar surface area (TPSA) is 70.5 Å². The van der Waals surface area contributed by atoms with Gasteiger partial charge < -0.3 is 10.0 Å². The van der Waals surface area contributed by atoms with Gasteiger partial charge >= 0.3 is 5.97 Å². The largest absolute Gasteiger partial charge is 0.481 e. The summed E-state index contributed by atoms with van der Waals surface area (Å²) in [7, 11) is 1.73. The second kappa shape index (κ2) is 5.31. The summed E-state index contributed by atoms with van der Waals surface area (Å²) in [6, 6.07) is 3.72. The first-order valence-electron chi connectivity index (χ1n) is 7.13. The first kappa shape index (κ1) is 13.8. The van der Waals surface area contributed by atoms with Gasteiger partial charge in [-0.1, -0.05) is 12.2 Å². The fourth-order valence-electron chi connectivity index (χ4n) is 3.59. The molecule has 1 aromatic heterocycles. The third-order valence-electron chi connectivity index (χ3n) is 4.57. The molecule has 2 aliphatic carbocycles. The van der Waals surface area contributed by atoms with E-state index in [2.05, 4.69) is 4.98 Å². The van der Waals surface area contributed by atoms with Crippen molar-refractivity contribution in [2.75, 3.05) is 7.05 Å². The summed E-state index contributed by atoms with van der Waals surface area (Å²) in [6.07, 6.45) is 8.13. The number of carboxylic acid groups (broad SMARTS) is 1. The van der Waals surface area contributed by atoms with Crippen LogP contribution in [0.4, 0.5) is 0 Å². The van der Waals surface area contributed by atoms with Crippen molar-refractivity contribution >= 4 is 11.9 Å². The number of aliphatic carboxylic acids is 1. The van der Waals surface area contributed by atoms with Gasteiger partial charge in [-0.15, -0.1) is 0 Å². The van der Waals surface area contributed by atoms with Gasteiger partial charge in [-0.3, -0.25) is 14.6 Å². The number of carbonyl (C=O) groups is 2. The zero-order valence-corrected chi connectivity index (χ0v) is 11.8. The van der Waals surface area contributed by atoms with Gasteiger partial charge in [0.25, 0.3) is 0 Å². The van der Waals surface area contributed by atoms with Gasteiger partial charge in [0.2, 0.25) is 5.91 Å². The van der Waals surface area contributed by atoms with Crippen molar-refractivity contribution in [3.8, 4) is 0 Å². The molecule has 1 heterocycles. The van der Waals surface area contributed by atoms with Crippen molar-refractivity contribution in [2.24, 2.45) is 23.7 Å². The molecular weight excluding hydrogens is 268 g/mol. The molecule has 21 heavy (non-hydrogen) atoms. The van der Waals surface area contributed by atoms with Crippen LogP contribution in [-0.4, -0.2) is 33.9 Å². The highest BCUT2D eigenvalue weighted by molar-refractivity contribution is 5.86. The van der Waals surface area contributed by atoms with Crippen LogP contribution in [0.5, 0.6) is 0 Å². The third-order valence-corrected chi connectivity index (χ3v) is 4.57. The monoisotopic (exact) mass is 286 g/mol. The predicted octanol–water partition coefficient (Wildman–Crippen LogP) is 1.56. The quantitative estimate of drug-likeness (QED) is 0.853. The van der Waals surface area contributed by atoms with Crippen LogP contribution in [-0.2, 0) is 16.1 Å². The van der Waals surface area contributed by atoms with Crippen LogP contribution >= 0.6 is 0 Å². The van der Waals surface area contributed by atoms with E-state index in [0.29, 0.717) is 6.54 Å². The summed E-state index contributed by atoms with van der Waals surface area (Å²) in [4.78, 5) is 29.7. The highest BCUT2D eigenvalue weighted by atomic mass is 16.4. The summed E-state index contributed by atoms with van der Waals surface area (Å²) in [6.45, 7) is 0.477. The van der Waals surface area contributed by atoms with Gasteiger partial charge in [-0.05, 0) is 36.0 Å². The molecule has 0 radical (unpaired) electrons. The van der Waals surface area contributed by atoms with E-state index in [1.807, 2.05) is 24.3 Å². The van der Waals surface area contributed by atoms with Gasteiger partial charge in [-0.2, -0.15) is 0 Å². The molecule has 2 aliphatic rings. The number of carbonyl (C=O) groups excluding carboxylic acids is 1. The van der Waals surface area contributed by atoms with E-state index in [4.69, 9.17) is 0 Å². The highest BCUT2D eigenvalue weighted by Gasteiger charge is 2.52. The van der Waals surface area contributed by atoms with Crippen LogP contribution in [0.3, 0.4) is 0 Å². The number of allylic oxidation sites excluding steroid dienone is 2. The number of aromatic nitrogens is 1. The van der Waals surface area contributed by atoms with Crippen LogP contribution in [0.2, 0.25) is 0 Å². The van der Waals surface area contributed by atoms with Crippen LogP contribution in [0, 0.1) is 23.7 Å². The number of rotatable bonds is 4. The lowest BCUT2D eigenvalue weighted by molar-refractivity contribution is -0.150. The second-order valence-corrected chi connectivity index (χ2v) is 5.89. The Labute approximate surface area is 123 Å². The molecule has 3 rings (SSSR count). The van der Waals surface area contributed by atoms with E-state index in [9.17, 15) is 14.7 Å². The van der Waals surface area contributed by atoms with Crippen LogP contribution < -0.4 is 0 Å². The van der Waals surface area contributed by atoms with Crippen LogP contribution in [0.15, 0.2) is 36.7 Å². The normalized spacial score (nSPS) is 29.6. The molecule has 5 nitrogen and oxygen atoms in total. The number of fused-ring (bicyclic) bond motifs is 2. The van der Waals surface area contributed by atoms with Crippen molar-refractivity contribution in [1.82, 2.24) is 9.88 Å². The lowest BCUT2D eigenvalue weighted by atomic mass is 9.82. The average Bonchev–Trinajstić information content (AvgIpc) is 3.08. The summed E-state index contributed by atoms with van der Waals surface area (Å²) in [5.74, 6) is -1.85. The standard InChI is InChI=1S/C16H18N2O3/c1-18(9-10-4-6-17-7-5-10)15(19)13-11-2-3-12(8-11)14(13)16(20)21/h2-7,11-14H,8-9H2,1H3,(H,20,21)/t11?,12?,13-,14+/m0/s1. The van der Waals surface area contributed by atoms with Crippen molar-refractivity contribution in [3.05, 3.63) is 42.2 Å². The molecule has 1 fully saturated rings. The lowest BCUT2D eigenvalue weighted by Crippen LogP contribution is -2.40. The maximum atomic E-state index is 12.7. The predicted molar refractivity (Wildman–Crippen MR) is 76.1 cm³/mol. The Kier molecular flexibility index (Phi) is 3.49. The number of hydrogen-bond acceptors (Lipinski definition) is 3. The van der Waals surface area contributed by atoms with Crippen molar-refractivity contribution in [3.63, 3.8) is 0 Å². The molecule has 4 atom stereocenters. The first-order chi connectivity index (χ1) is 10.1. The van der Waals surface area contributed by atoms with Gasteiger partial charge in [-0.25, -0.2) is 0 Å². The van der Waals surface area contributed by atoms with E-state index in [1.165, 1.54) is 0 Å². The summed E-state index contributed by atoms with van der Waals surface area (Å²) in [5, 5.41) is 9.41. The summed E-state index contributed by atoms with van der Waals surface area (Å²) in [5.41, 5.74) is 0.992. The maximum absolute atomic E-state index is 12.7. The molecule has 110 valence electrons. The summed E-state index contributed by atoms with van der Waals surface area (Å²) >= 11 is 0. The van der Waals surface area contributed by atoms with E-state index in [1.54, 1.807) is 24.3 Å². The Morgan fingerprint density at radius 1 is 1.24 bits per heavy atom. The minimum Gasteiger partial charge on any atom is -0.481 e. The Morgan fingerprint density at radius 2 is 1.86 bits per heavy atom. The van der Waals surface area contributed by atoms with Crippen molar-refractivity contribution in [2.45, 2.75) is 13.0 Å². The minimum absolute atomic E-state index is 0.00998. The zero-order valence-electron chi connectivity index (χ0n) is 11.8. The second-order valence-electron chi connectivity index (χ2n) is 5.89. The maximum Gasteiger partial charge on any atom is 0.307 e. The fraction of sp³-hybridized carbons (Fsp3) is 0.438. The van der Waals surface area contributed by atoms with E-state index in [-0.39, 0.29) is 17.7 Å². The average molecular weight is 286 g/mol. The highest BCUT2D eigenvalue weighted by Crippen LogP contribution is 2.48. The molecule has 1 aromatic rings. The SMILES string of the molecule is CN(Cc1ccncc1)C(=O)[C@H]1C2C=CC(C2)[C@H]1C(=O)O. The van der Waals surface area contributed by atoms with E-state index in [0.717, 1.165) is 12.0 Å². The number of pyridine rings is 1. The molecule has 0 saturated heterocycles. The molecule has 0 aromatic carbocycles. The summed E-state index contributed by atoms with van der Waals surface area (Å²) < 4.78 is 0. The molecule has 0 aliphatic heterocycles. The Balaban J connectivity index is 1.75. The third kappa shape index (κ3) is 2.44. The molecule has 2 unspecified atom stereocenters. The van der Waals surface area contributed by atoms with E-state index < -0.39 is 17.8 Å².